The Balaban J connectivity index is 2.76. The monoisotopic (exact) mass is 207 g/mol. The second-order valence-corrected chi connectivity index (χ2v) is 3.38. The van der Waals surface area contributed by atoms with Gasteiger partial charge in [-0.25, -0.2) is 4.79 Å². The largest absolute Gasteiger partial charge is 0.430 e. The lowest BCUT2D eigenvalue weighted by Crippen LogP contribution is -2.28. The molecule has 4 heteroatoms. The minimum Gasteiger partial charge on any atom is -0.430 e. The van der Waals surface area contributed by atoms with Gasteiger partial charge >= 0.3 is 5.97 Å². The van der Waals surface area contributed by atoms with Crippen molar-refractivity contribution in [2.24, 2.45) is 5.18 Å². The Labute approximate surface area is 88.2 Å². The fourth-order valence-corrected chi connectivity index (χ4v) is 0.988. The maximum absolute atomic E-state index is 11.6. The summed E-state index contributed by atoms with van der Waals surface area (Å²) in [4.78, 5) is 22.1. The average molecular weight is 207 g/mol. The van der Waals surface area contributed by atoms with Crippen molar-refractivity contribution in [3.63, 3.8) is 0 Å². The van der Waals surface area contributed by atoms with Gasteiger partial charge in [-0.05, 0) is 24.2 Å². The smallest absolute Gasteiger partial charge is 0.340 e. The van der Waals surface area contributed by atoms with Crippen LogP contribution in [0.25, 0.3) is 0 Å². The molecular weight excluding hydrogens is 194 g/mol. The number of ether oxygens (including phenoxy) is 1. The molecule has 15 heavy (non-hydrogen) atoms. The molecule has 0 saturated heterocycles. The Morgan fingerprint density at radius 1 is 1.40 bits per heavy atom. The van der Waals surface area contributed by atoms with Crippen molar-refractivity contribution in [2.75, 3.05) is 0 Å². The maximum Gasteiger partial charge on any atom is 0.340 e. The van der Waals surface area contributed by atoms with Crippen LogP contribution >= 0.6 is 0 Å². The van der Waals surface area contributed by atoms with Crippen molar-refractivity contribution < 1.29 is 9.53 Å². The van der Waals surface area contributed by atoms with Gasteiger partial charge in [-0.15, -0.1) is 4.91 Å². The van der Waals surface area contributed by atoms with Crippen LogP contribution in [0.15, 0.2) is 35.5 Å². The molecule has 0 amide bonds. The van der Waals surface area contributed by atoms with Crippen molar-refractivity contribution in [1.82, 2.24) is 0 Å². The summed E-state index contributed by atoms with van der Waals surface area (Å²) >= 11 is 0. The number of carbonyl (C=O) groups is 1. The number of esters is 1. The summed E-state index contributed by atoms with van der Waals surface area (Å²) in [5.74, 6) is -0.528. The summed E-state index contributed by atoms with van der Waals surface area (Å²) in [6.45, 7) is 3.22. The average Bonchev–Trinajstić information content (AvgIpc) is 2.30. The van der Waals surface area contributed by atoms with E-state index < -0.39 is 11.7 Å². The number of hydrogen-bond acceptors (Lipinski definition) is 4. The minimum atomic E-state index is -1.27. The fraction of sp³-hybridized carbons (Fsp3) is 0.364. The topological polar surface area (TPSA) is 55.7 Å². The molecule has 0 radical (unpaired) electrons. The molecule has 0 aliphatic heterocycles. The Bertz CT molecular complexity index is 350. The molecule has 0 heterocycles. The van der Waals surface area contributed by atoms with Crippen molar-refractivity contribution in [1.29, 1.82) is 0 Å². The lowest BCUT2D eigenvalue weighted by Gasteiger charge is -2.19. The highest BCUT2D eigenvalue weighted by Crippen LogP contribution is 2.18. The number of nitrogens with zero attached hydrogens (tertiary/aromatic N) is 1. The van der Waals surface area contributed by atoms with Crippen LogP contribution in [0.5, 0.6) is 0 Å². The molecule has 1 aromatic carbocycles. The molecule has 0 bridgehead atoms. The third kappa shape index (κ3) is 2.87. The van der Waals surface area contributed by atoms with Crippen LogP contribution in [0.1, 0.15) is 30.6 Å². The van der Waals surface area contributed by atoms with Crippen LogP contribution in [0.4, 0.5) is 0 Å². The highest BCUT2D eigenvalue weighted by Gasteiger charge is 2.28. The molecule has 0 aliphatic rings. The van der Waals surface area contributed by atoms with Gasteiger partial charge in [0.2, 0.25) is 5.72 Å². The molecule has 1 unspecified atom stereocenters. The van der Waals surface area contributed by atoms with Crippen LogP contribution in [-0.2, 0) is 4.74 Å². The quantitative estimate of drug-likeness (QED) is 0.563. The second kappa shape index (κ2) is 4.68. The summed E-state index contributed by atoms with van der Waals surface area (Å²) in [7, 11) is 0. The molecule has 0 aliphatic carbocycles. The van der Waals surface area contributed by atoms with E-state index in [-0.39, 0.29) is 0 Å². The third-order valence-electron chi connectivity index (χ3n) is 2.17. The molecule has 0 N–H and O–H groups in total. The zero-order valence-corrected chi connectivity index (χ0v) is 8.77. The van der Waals surface area contributed by atoms with Gasteiger partial charge < -0.3 is 4.74 Å². The van der Waals surface area contributed by atoms with Crippen LogP contribution in [-0.4, -0.2) is 11.7 Å². The molecule has 4 nitrogen and oxygen atoms in total. The standard InChI is InChI=1S/C11H13NO3/c1-3-11(2,12-14)15-10(13)9-7-5-4-6-8-9/h4-8H,3H2,1-2H3. The summed E-state index contributed by atoms with van der Waals surface area (Å²) in [5.41, 5.74) is -0.853. The number of rotatable bonds is 4. The Hall–Kier alpha value is -1.71. The third-order valence-corrected chi connectivity index (χ3v) is 2.17. The number of nitroso groups, excluding NO2 is 1. The summed E-state index contributed by atoms with van der Waals surface area (Å²) in [6, 6.07) is 8.52. The highest BCUT2D eigenvalue weighted by atomic mass is 16.6. The Kier molecular flexibility index (Phi) is 3.55. The van der Waals surface area contributed by atoms with Gasteiger partial charge in [0.1, 0.15) is 0 Å². The zero-order valence-electron chi connectivity index (χ0n) is 8.77. The molecule has 80 valence electrons. The lowest BCUT2D eigenvalue weighted by atomic mass is 10.2. The SMILES string of the molecule is CCC(C)(N=O)OC(=O)c1ccccc1. The van der Waals surface area contributed by atoms with Crippen LogP contribution in [0, 0.1) is 4.91 Å². The number of benzene rings is 1. The molecule has 1 atom stereocenters. The summed E-state index contributed by atoms with van der Waals surface area (Å²) in [5, 5.41) is 2.81. The van der Waals surface area contributed by atoms with E-state index in [1.165, 1.54) is 6.92 Å². The van der Waals surface area contributed by atoms with Crippen LogP contribution in [0.2, 0.25) is 0 Å². The molecule has 0 spiro atoms. The predicted octanol–water partition coefficient (Wildman–Crippen LogP) is 2.74. The fourth-order valence-electron chi connectivity index (χ4n) is 0.988. The molecule has 0 fully saturated rings. The highest BCUT2D eigenvalue weighted by molar-refractivity contribution is 5.89. The van der Waals surface area contributed by atoms with E-state index in [1.807, 2.05) is 0 Å². The van der Waals surface area contributed by atoms with E-state index in [2.05, 4.69) is 5.18 Å². The first kappa shape index (κ1) is 11.4. The van der Waals surface area contributed by atoms with Crippen LogP contribution < -0.4 is 0 Å². The van der Waals surface area contributed by atoms with Crippen molar-refractivity contribution in [3.8, 4) is 0 Å². The summed E-state index contributed by atoms with van der Waals surface area (Å²) in [6.07, 6.45) is 0.356. The minimum absolute atomic E-state index is 0.356. The first-order valence-corrected chi connectivity index (χ1v) is 4.74. The molecule has 0 aromatic heterocycles. The van der Waals surface area contributed by atoms with Gasteiger partial charge in [-0.2, -0.15) is 0 Å². The van der Waals surface area contributed by atoms with Gasteiger partial charge in [-0.3, -0.25) is 0 Å². The first-order chi connectivity index (χ1) is 7.11. The molecule has 1 aromatic rings. The normalized spacial score (nSPS) is 14.0. The first-order valence-electron chi connectivity index (χ1n) is 4.74. The lowest BCUT2D eigenvalue weighted by molar-refractivity contribution is -0.00776. The summed E-state index contributed by atoms with van der Waals surface area (Å²) < 4.78 is 5.00. The van der Waals surface area contributed by atoms with E-state index in [9.17, 15) is 9.70 Å². The molecule has 0 saturated carbocycles. The van der Waals surface area contributed by atoms with Crippen LogP contribution in [0.3, 0.4) is 0 Å². The van der Waals surface area contributed by atoms with Crippen molar-refractivity contribution in [2.45, 2.75) is 26.0 Å². The van der Waals surface area contributed by atoms with E-state index >= 15 is 0 Å². The molecular formula is C11H13NO3. The zero-order chi connectivity index (χ0) is 11.3. The Morgan fingerprint density at radius 3 is 2.47 bits per heavy atom. The van der Waals surface area contributed by atoms with Crippen molar-refractivity contribution >= 4 is 5.97 Å². The van der Waals surface area contributed by atoms with E-state index in [1.54, 1.807) is 37.3 Å². The predicted molar refractivity (Wildman–Crippen MR) is 56.3 cm³/mol. The van der Waals surface area contributed by atoms with Gasteiger partial charge in [-0.1, -0.05) is 25.1 Å². The number of carbonyl (C=O) groups excluding carboxylic acids is 1. The van der Waals surface area contributed by atoms with Gasteiger partial charge in [0, 0.05) is 6.42 Å². The maximum atomic E-state index is 11.6. The van der Waals surface area contributed by atoms with E-state index in [4.69, 9.17) is 4.74 Å². The van der Waals surface area contributed by atoms with E-state index in [0.29, 0.717) is 12.0 Å². The van der Waals surface area contributed by atoms with E-state index in [0.717, 1.165) is 0 Å². The van der Waals surface area contributed by atoms with Gasteiger partial charge in [0.05, 0.1) is 5.56 Å². The number of hydrogen-bond donors (Lipinski definition) is 0. The second-order valence-electron chi connectivity index (χ2n) is 3.38. The van der Waals surface area contributed by atoms with Crippen molar-refractivity contribution in [3.05, 3.63) is 40.8 Å². The molecule has 1 rings (SSSR count). The van der Waals surface area contributed by atoms with Gasteiger partial charge in [0.15, 0.2) is 0 Å². The Morgan fingerprint density at radius 2 is 2.00 bits per heavy atom. The van der Waals surface area contributed by atoms with Gasteiger partial charge in [0.25, 0.3) is 0 Å².